The van der Waals surface area contributed by atoms with Crippen LogP contribution in [0.1, 0.15) is 0 Å². The van der Waals surface area contributed by atoms with Crippen molar-refractivity contribution in [2.75, 3.05) is 32.7 Å². The van der Waals surface area contributed by atoms with Crippen LogP contribution in [-0.4, -0.2) is 60.3 Å². The molecule has 1 aliphatic heterocycles. The molecule has 2 N–H and O–H groups in total. The molecule has 1 fully saturated rings. The molecule has 1 aliphatic rings. The van der Waals surface area contributed by atoms with Crippen molar-refractivity contribution in [2.45, 2.75) is 4.90 Å². The van der Waals surface area contributed by atoms with E-state index in [0.29, 0.717) is 37.7 Å². The Labute approximate surface area is 122 Å². The number of thiocarbonyl (C=S) groups is 1. The number of hydrogen-bond acceptors (Lipinski definition) is 5. The number of piperazine rings is 1. The number of aromatic nitrogens is 1. The van der Waals surface area contributed by atoms with Crippen LogP contribution in [0.4, 0.5) is 4.39 Å². The summed E-state index contributed by atoms with van der Waals surface area (Å²) in [7, 11) is -3.70. The van der Waals surface area contributed by atoms with E-state index in [1.54, 1.807) is 0 Å². The third-order valence-electron chi connectivity index (χ3n) is 3.03. The summed E-state index contributed by atoms with van der Waals surface area (Å²) in [6.45, 7) is 2.20. The molecule has 0 amide bonds. The fraction of sp³-hybridized carbons (Fsp3) is 0.455. The van der Waals surface area contributed by atoms with Crippen molar-refractivity contribution in [2.24, 2.45) is 5.73 Å². The molecule has 0 bridgehead atoms. The quantitative estimate of drug-likeness (QED) is 0.776. The number of halogens is 1. The van der Waals surface area contributed by atoms with Crippen molar-refractivity contribution in [3.8, 4) is 0 Å². The van der Waals surface area contributed by atoms with Crippen molar-refractivity contribution in [1.29, 1.82) is 0 Å². The van der Waals surface area contributed by atoms with Crippen molar-refractivity contribution in [1.82, 2.24) is 14.2 Å². The van der Waals surface area contributed by atoms with Crippen LogP contribution in [-0.2, 0) is 10.0 Å². The average Bonchev–Trinajstić information content (AvgIpc) is 2.38. The Hall–Kier alpha value is -1.16. The molecule has 0 atom stereocenters. The van der Waals surface area contributed by atoms with E-state index in [1.807, 2.05) is 4.90 Å². The van der Waals surface area contributed by atoms with Gasteiger partial charge in [0.05, 0.1) is 11.2 Å². The molecule has 2 rings (SSSR count). The third-order valence-corrected chi connectivity index (χ3v) is 5.02. The molecule has 110 valence electrons. The van der Waals surface area contributed by atoms with Gasteiger partial charge in [-0.25, -0.2) is 12.8 Å². The first-order chi connectivity index (χ1) is 9.39. The monoisotopic (exact) mass is 318 g/mol. The maximum atomic E-state index is 13.1. The standard InChI is InChI=1S/C11H15FN4O2S2/c12-9-5-10(7-14-6-9)20(17,18)16-3-1-15(2-4-16)8-11(13)19/h5-7H,1-4,8H2,(H2,13,19). The van der Waals surface area contributed by atoms with Crippen LogP contribution in [0.15, 0.2) is 23.4 Å². The molecule has 1 aromatic rings. The maximum Gasteiger partial charge on any atom is 0.244 e. The van der Waals surface area contributed by atoms with Crippen molar-refractivity contribution < 1.29 is 12.8 Å². The zero-order valence-corrected chi connectivity index (χ0v) is 12.3. The van der Waals surface area contributed by atoms with Crippen molar-refractivity contribution in [3.63, 3.8) is 0 Å². The van der Waals surface area contributed by atoms with Gasteiger partial charge in [0.1, 0.15) is 10.7 Å². The van der Waals surface area contributed by atoms with Gasteiger partial charge in [0.15, 0.2) is 0 Å². The Morgan fingerprint density at radius 2 is 2.00 bits per heavy atom. The molecule has 0 saturated carbocycles. The fourth-order valence-corrected chi connectivity index (χ4v) is 3.61. The van der Waals surface area contributed by atoms with Crippen LogP contribution < -0.4 is 5.73 Å². The van der Waals surface area contributed by atoms with E-state index in [0.717, 1.165) is 18.5 Å². The van der Waals surface area contributed by atoms with Crippen LogP contribution >= 0.6 is 12.2 Å². The van der Waals surface area contributed by atoms with Crippen LogP contribution in [0.25, 0.3) is 0 Å². The summed E-state index contributed by atoms with van der Waals surface area (Å²) in [4.78, 5) is 5.82. The third kappa shape index (κ3) is 3.48. The second-order valence-electron chi connectivity index (χ2n) is 4.49. The molecule has 6 nitrogen and oxygen atoms in total. The highest BCUT2D eigenvalue weighted by Crippen LogP contribution is 2.17. The minimum absolute atomic E-state index is 0.125. The molecule has 1 saturated heterocycles. The van der Waals surface area contributed by atoms with Gasteiger partial charge in [0.2, 0.25) is 10.0 Å². The van der Waals surface area contributed by atoms with Gasteiger partial charge >= 0.3 is 0 Å². The van der Waals surface area contributed by atoms with Gasteiger partial charge < -0.3 is 5.73 Å². The van der Waals surface area contributed by atoms with Gasteiger partial charge in [-0.2, -0.15) is 4.31 Å². The number of nitrogens with zero attached hydrogens (tertiary/aromatic N) is 3. The molecule has 0 aromatic carbocycles. The first-order valence-corrected chi connectivity index (χ1v) is 7.86. The Morgan fingerprint density at radius 3 is 2.55 bits per heavy atom. The normalized spacial score (nSPS) is 18.1. The molecule has 0 radical (unpaired) electrons. The molecule has 1 aromatic heterocycles. The van der Waals surface area contributed by atoms with Crippen molar-refractivity contribution in [3.05, 3.63) is 24.3 Å². The zero-order valence-electron chi connectivity index (χ0n) is 10.7. The summed E-state index contributed by atoms with van der Waals surface area (Å²) in [5.74, 6) is -0.668. The highest BCUT2D eigenvalue weighted by Gasteiger charge is 2.29. The van der Waals surface area contributed by atoms with Gasteiger partial charge in [-0.05, 0) is 6.07 Å². The fourth-order valence-electron chi connectivity index (χ4n) is 2.03. The summed E-state index contributed by atoms with van der Waals surface area (Å²) in [6, 6.07) is 0.976. The highest BCUT2D eigenvalue weighted by atomic mass is 32.2. The summed E-state index contributed by atoms with van der Waals surface area (Å²) in [5, 5.41) is 0. The van der Waals surface area contributed by atoms with Crippen LogP contribution in [0.3, 0.4) is 0 Å². The van der Waals surface area contributed by atoms with E-state index in [1.165, 1.54) is 4.31 Å². The molecule has 0 aliphatic carbocycles. The first kappa shape index (κ1) is 15.2. The van der Waals surface area contributed by atoms with E-state index >= 15 is 0 Å². The molecular formula is C11H15FN4O2S2. The smallest absolute Gasteiger partial charge is 0.244 e. The summed E-state index contributed by atoms with van der Waals surface area (Å²) < 4.78 is 39.0. The molecule has 0 spiro atoms. The van der Waals surface area contributed by atoms with E-state index in [4.69, 9.17) is 18.0 Å². The Balaban J connectivity index is 2.08. The molecule has 20 heavy (non-hydrogen) atoms. The minimum atomic E-state index is -3.70. The summed E-state index contributed by atoms with van der Waals surface area (Å²) in [6.07, 6.45) is 2.12. The number of sulfonamides is 1. The van der Waals surface area contributed by atoms with Crippen LogP contribution in [0, 0.1) is 5.82 Å². The summed E-state index contributed by atoms with van der Waals surface area (Å²) in [5.41, 5.74) is 5.46. The molecular weight excluding hydrogens is 303 g/mol. The topological polar surface area (TPSA) is 79.5 Å². The maximum absolute atomic E-state index is 13.1. The van der Waals surface area contributed by atoms with E-state index in [9.17, 15) is 12.8 Å². The second-order valence-corrected chi connectivity index (χ2v) is 6.95. The number of rotatable bonds is 4. The average molecular weight is 318 g/mol. The van der Waals surface area contributed by atoms with E-state index < -0.39 is 15.8 Å². The zero-order chi connectivity index (χ0) is 14.8. The predicted octanol–water partition coefficient (Wildman–Crippen LogP) is -0.187. The highest BCUT2D eigenvalue weighted by molar-refractivity contribution is 7.89. The van der Waals surface area contributed by atoms with Crippen LogP contribution in [0.2, 0.25) is 0 Å². The SMILES string of the molecule is NC(=S)CN1CCN(S(=O)(=O)c2cncc(F)c2)CC1. The Morgan fingerprint density at radius 1 is 1.35 bits per heavy atom. The van der Waals surface area contributed by atoms with E-state index in [-0.39, 0.29) is 4.90 Å². The second kappa shape index (κ2) is 6.08. The first-order valence-electron chi connectivity index (χ1n) is 6.01. The minimum Gasteiger partial charge on any atom is -0.392 e. The number of nitrogens with two attached hydrogens (primary N) is 1. The molecule has 0 unspecified atom stereocenters. The molecule has 2 heterocycles. The lowest BCUT2D eigenvalue weighted by Crippen LogP contribution is -2.50. The van der Waals surface area contributed by atoms with Gasteiger partial charge in [-0.3, -0.25) is 9.88 Å². The van der Waals surface area contributed by atoms with Crippen molar-refractivity contribution >= 4 is 27.2 Å². The number of hydrogen-bond donors (Lipinski definition) is 1. The predicted molar refractivity (Wildman–Crippen MR) is 76.2 cm³/mol. The Kier molecular flexibility index (Phi) is 4.63. The lowest BCUT2D eigenvalue weighted by Gasteiger charge is -2.33. The van der Waals surface area contributed by atoms with Gasteiger partial charge in [-0.1, -0.05) is 12.2 Å². The largest absolute Gasteiger partial charge is 0.392 e. The van der Waals surface area contributed by atoms with E-state index in [2.05, 4.69) is 4.98 Å². The molecule has 9 heteroatoms. The lowest BCUT2D eigenvalue weighted by molar-refractivity contribution is 0.209. The lowest BCUT2D eigenvalue weighted by atomic mass is 10.3. The van der Waals surface area contributed by atoms with Gasteiger partial charge in [0.25, 0.3) is 0 Å². The Bertz CT molecular complexity index is 600. The van der Waals surface area contributed by atoms with Gasteiger partial charge in [-0.15, -0.1) is 0 Å². The number of pyridine rings is 1. The van der Waals surface area contributed by atoms with Gasteiger partial charge in [0, 0.05) is 38.9 Å². The van der Waals surface area contributed by atoms with Crippen LogP contribution in [0.5, 0.6) is 0 Å². The summed E-state index contributed by atoms with van der Waals surface area (Å²) >= 11 is 4.82.